The lowest BCUT2D eigenvalue weighted by atomic mass is 10.2. The van der Waals surface area contributed by atoms with E-state index in [1.54, 1.807) is 78.9 Å². The molecule has 1 fully saturated rings. The zero-order chi connectivity index (χ0) is 28.5. The number of methoxy groups -OCH3 is 1. The molecule has 206 valence electrons. The van der Waals surface area contributed by atoms with Crippen molar-refractivity contribution < 1.29 is 33.4 Å². The monoisotopic (exact) mass is 561 g/mol. The van der Waals surface area contributed by atoms with Crippen molar-refractivity contribution in [1.29, 1.82) is 0 Å². The molecule has 0 radical (unpaired) electrons. The van der Waals surface area contributed by atoms with E-state index >= 15 is 0 Å². The van der Waals surface area contributed by atoms with Gasteiger partial charge in [-0.15, -0.1) is 0 Å². The topological polar surface area (TPSA) is 123 Å². The molecular weight excluding hydrogens is 534 g/mol. The van der Waals surface area contributed by atoms with Crippen LogP contribution in [0.5, 0.6) is 17.2 Å². The highest BCUT2D eigenvalue weighted by atomic mass is 32.2. The Hall–Kier alpha value is -4.77. The summed E-state index contributed by atoms with van der Waals surface area (Å²) >= 11 is 0.762. The Morgan fingerprint density at radius 3 is 2.25 bits per heavy atom. The molecule has 40 heavy (non-hydrogen) atoms. The van der Waals surface area contributed by atoms with Crippen LogP contribution in [0, 0.1) is 0 Å². The van der Waals surface area contributed by atoms with Gasteiger partial charge in [0, 0.05) is 5.69 Å². The predicted octanol–water partition coefficient (Wildman–Crippen LogP) is 4.79. The van der Waals surface area contributed by atoms with Gasteiger partial charge in [0.2, 0.25) is 5.91 Å². The van der Waals surface area contributed by atoms with Gasteiger partial charge in [-0.2, -0.15) is 0 Å². The number of para-hydroxylation sites is 2. The Morgan fingerprint density at radius 1 is 0.875 bits per heavy atom. The molecule has 2 N–H and O–H groups in total. The zero-order valence-electron chi connectivity index (χ0n) is 21.8. The molecule has 1 aliphatic heterocycles. The van der Waals surface area contributed by atoms with Crippen molar-refractivity contribution in [1.82, 2.24) is 4.90 Å². The third-order valence-corrected chi connectivity index (χ3v) is 6.46. The summed E-state index contributed by atoms with van der Waals surface area (Å²) in [5.41, 5.74) is 1.71. The number of rotatable bonds is 11. The smallest absolute Gasteiger partial charge is 0.294 e. The Balaban J connectivity index is 1.29. The Morgan fingerprint density at radius 2 is 1.55 bits per heavy atom. The van der Waals surface area contributed by atoms with E-state index in [0.717, 1.165) is 16.7 Å². The van der Waals surface area contributed by atoms with E-state index in [4.69, 9.17) is 14.2 Å². The van der Waals surface area contributed by atoms with Crippen LogP contribution in [0.4, 0.5) is 16.2 Å². The Kier molecular flexibility index (Phi) is 9.42. The van der Waals surface area contributed by atoms with E-state index in [9.17, 15) is 19.2 Å². The summed E-state index contributed by atoms with van der Waals surface area (Å²) in [6.45, 7) is 1.78. The lowest BCUT2D eigenvalue weighted by molar-refractivity contribution is -0.127. The molecule has 0 saturated carbocycles. The summed E-state index contributed by atoms with van der Waals surface area (Å²) in [7, 11) is 1.52. The molecule has 1 saturated heterocycles. The van der Waals surface area contributed by atoms with Crippen molar-refractivity contribution in [2.24, 2.45) is 0 Å². The molecule has 4 rings (SSSR count). The van der Waals surface area contributed by atoms with Crippen molar-refractivity contribution in [2.45, 2.75) is 6.92 Å². The van der Waals surface area contributed by atoms with E-state index in [1.807, 2.05) is 6.92 Å². The molecule has 3 aromatic carbocycles. The number of carbonyl (C=O) groups excluding carboxylic acids is 4. The lowest BCUT2D eigenvalue weighted by Gasteiger charge is -2.12. The van der Waals surface area contributed by atoms with Crippen LogP contribution in [0.1, 0.15) is 12.5 Å². The van der Waals surface area contributed by atoms with Gasteiger partial charge < -0.3 is 24.8 Å². The van der Waals surface area contributed by atoms with E-state index < -0.39 is 23.6 Å². The Labute approximate surface area is 235 Å². The predicted molar refractivity (Wildman–Crippen MR) is 152 cm³/mol. The van der Waals surface area contributed by atoms with E-state index in [1.165, 1.54) is 7.11 Å². The summed E-state index contributed by atoms with van der Waals surface area (Å²) in [6, 6.07) is 20.5. The standard InChI is InChI=1S/C29H27N3O7S/c1-3-38-21-14-10-20(11-15-21)30-26(33)17-32-28(35)25(40-29(32)36)16-19-8-12-22(13-9-19)39-18-27(34)31-23-6-4-5-7-24(23)37-2/h4-16H,3,17-18H2,1-2H3,(H,30,33)(H,31,34)/b25-16-. The van der Waals surface area contributed by atoms with Gasteiger partial charge in [-0.3, -0.25) is 24.1 Å². The number of carbonyl (C=O) groups is 4. The van der Waals surface area contributed by atoms with Crippen molar-refractivity contribution in [3.05, 3.63) is 83.3 Å². The number of nitrogens with one attached hydrogen (secondary N) is 2. The van der Waals surface area contributed by atoms with Crippen LogP contribution < -0.4 is 24.8 Å². The van der Waals surface area contributed by atoms with Gasteiger partial charge in [0.25, 0.3) is 17.1 Å². The summed E-state index contributed by atoms with van der Waals surface area (Å²) in [5, 5.41) is 4.87. The number of benzene rings is 3. The maximum atomic E-state index is 12.8. The molecular formula is C29H27N3O7S. The molecule has 1 heterocycles. The number of amides is 4. The zero-order valence-corrected chi connectivity index (χ0v) is 22.7. The van der Waals surface area contributed by atoms with Crippen molar-refractivity contribution in [3.63, 3.8) is 0 Å². The average Bonchev–Trinajstić information content (AvgIpc) is 3.21. The van der Waals surface area contributed by atoms with Crippen LogP contribution in [0.3, 0.4) is 0 Å². The van der Waals surface area contributed by atoms with Crippen LogP contribution in [0.2, 0.25) is 0 Å². The first kappa shape index (κ1) is 28.2. The number of imide groups is 1. The van der Waals surface area contributed by atoms with E-state index in [0.29, 0.717) is 40.8 Å². The molecule has 4 amide bonds. The minimum atomic E-state index is -0.551. The second-order valence-corrected chi connectivity index (χ2v) is 9.37. The van der Waals surface area contributed by atoms with Crippen LogP contribution >= 0.6 is 11.8 Å². The van der Waals surface area contributed by atoms with Crippen molar-refractivity contribution in [3.8, 4) is 17.2 Å². The number of nitrogens with zero attached hydrogens (tertiary/aromatic N) is 1. The highest BCUT2D eigenvalue weighted by Crippen LogP contribution is 2.32. The minimum Gasteiger partial charge on any atom is -0.495 e. The maximum Gasteiger partial charge on any atom is 0.294 e. The summed E-state index contributed by atoms with van der Waals surface area (Å²) in [4.78, 5) is 51.0. The molecule has 11 heteroatoms. The van der Waals surface area contributed by atoms with Gasteiger partial charge >= 0.3 is 0 Å². The van der Waals surface area contributed by atoms with Gasteiger partial charge in [-0.1, -0.05) is 24.3 Å². The second kappa shape index (κ2) is 13.3. The molecule has 0 spiro atoms. The average molecular weight is 562 g/mol. The number of hydrogen-bond donors (Lipinski definition) is 2. The van der Waals surface area contributed by atoms with Gasteiger partial charge in [-0.25, -0.2) is 0 Å². The first-order valence-corrected chi connectivity index (χ1v) is 13.1. The van der Waals surface area contributed by atoms with Crippen molar-refractivity contribution >= 4 is 52.2 Å². The van der Waals surface area contributed by atoms with Gasteiger partial charge in [0.1, 0.15) is 23.8 Å². The third kappa shape index (κ3) is 7.41. The van der Waals surface area contributed by atoms with Gasteiger partial charge in [0.15, 0.2) is 6.61 Å². The quantitative estimate of drug-likeness (QED) is 0.321. The van der Waals surface area contributed by atoms with Gasteiger partial charge in [0.05, 0.1) is 24.3 Å². The van der Waals surface area contributed by atoms with Crippen LogP contribution in [-0.2, 0) is 14.4 Å². The molecule has 0 aliphatic carbocycles. The summed E-state index contributed by atoms with van der Waals surface area (Å²) in [5.74, 6) is 0.262. The highest BCUT2D eigenvalue weighted by molar-refractivity contribution is 8.18. The van der Waals surface area contributed by atoms with E-state index in [-0.39, 0.29) is 17.4 Å². The number of anilines is 2. The first-order valence-electron chi connectivity index (χ1n) is 12.3. The lowest BCUT2D eigenvalue weighted by Crippen LogP contribution is -2.36. The maximum absolute atomic E-state index is 12.8. The van der Waals surface area contributed by atoms with E-state index in [2.05, 4.69) is 10.6 Å². The fourth-order valence-corrected chi connectivity index (χ4v) is 4.51. The fraction of sp³-hybridized carbons (Fsp3) is 0.172. The number of hydrogen-bond acceptors (Lipinski definition) is 8. The molecule has 1 aliphatic rings. The van der Waals surface area contributed by atoms with Crippen LogP contribution in [0.25, 0.3) is 6.08 Å². The molecule has 3 aromatic rings. The van der Waals surface area contributed by atoms with Gasteiger partial charge in [-0.05, 0) is 78.9 Å². The molecule has 0 bridgehead atoms. The molecule has 0 aromatic heterocycles. The molecule has 0 atom stereocenters. The van der Waals surface area contributed by atoms with Crippen LogP contribution in [0.15, 0.2) is 77.7 Å². The third-order valence-electron chi connectivity index (χ3n) is 5.55. The SMILES string of the molecule is CCOc1ccc(NC(=O)CN2C(=O)S/C(=C\c3ccc(OCC(=O)Nc4ccccc4OC)cc3)C2=O)cc1. The molecule has 0 unspecified atom stereocenters. The number of ether oxygens (including phenoxy) is 3. The second-order valence-electron chi connectivity index (χ2n) is 8.38. The first-order chi connectivity index (χ1) is 19.4. The molecule has 10 nitrogen and oxygen atoms in total. The van der Waals surface area contributed by atoms with Crippen molar-refractivity contribution in [2.75, 3.05) is 37.5 Å². The Bertz CT molecular complexity index is 1420. The summed E-state index contributed by atoms with van der Waals surface area (Å²) in [6.07, 6.45) is 1.56. The van der Waals surface area contributed by atoms with Crippen LogP contribution in [-0.4, -0.2) is 54.7 Å². The summed E-state index contributed by atoms with van der Waals surface area (Å²) < 4.78 is 16.1. The minimum absolute atomic E-state index is 0.198. The fourth-order valence-electron chi connectivity index (χ4n) is 3.68. The normalized spacial score (nSPS) is 13.8. The largest absolute Gasteiger partial charge is 0.495 e. The highest BCUT2D eigenvalue weighted by Gasteiger charge is 2.36. The number of thioether (sulfide) groups is 1.